The largest absolute Gasteiger partial charge is 0.462 e. The highest BCUT2D eigenvalue weighted by Gasteiger charge is 2.01. The summed E-state index contributed by atoms with van der Waals surface area (Å²) in [5, 5.41) is 0. The molecule has 0 rings (SSSR count). The number of ether oxygens (including phenoxy) is 2. The summed E-state index contributed by atoms with van der Waals surface area (Å²) in [4.78, 5) is 10.9. The molecule has 0 atom stereocenters. The Balaban J connectivity index is 3.26. The molecule has 0 aromatic rings. The van der Waals surface area contributed by atoms with Gasteiger partial charge in [-0.05, 0) is 20.8 Å². The first-order chi connectivity index (χ1) is 6.04. The van der Waals surface area contributed by atoms with E-state index in [0.29, 0.717) is 18.8 Å². The molecule has 0 amide bonds. The van der Waals surface area contributed by atoms with E-state index in [2.05, 4.69) is 6.58 Å². The van der Waals surface area contributed by atoms with Crippen molar-refractivity contribution < 1.29 is 14.3 Å². The fourth-order valence-corrected chi connectivity index (χ4v) is 0.666. The van der Waals surface area contributed by atoms with Crippen LogP contribution in [0, 0.1) is 0 Å². The van der Waals surface area contributed by atoms with Crippen molar-refractivity contribution >= 4 is 5.97 Å². The molecule has 0 fully saturated rings. The number of carbonyl (C=O) groups excluding carboxylic acids is 1. The topological polar surface area (TPSA) is 35.5 Å². The molecule has 13 heavy (non-hydrogen) atoms. The highest BCUT2D eigenvalue weighted by molar-refractivity contribution is 5.86. The van der Waals surface area contributed by atoms with Crippen LogP contribution in [0.25, 0.3) is 0 Å². The minimum atomic E-state index is -0.329. The van der Waals surface area contributed by atoms with Crippen LogP contribution in [0.4, 0.5) is 0 Å². The summed E-state index contributed by atoms with van der Waals surface area (Å²) in [7, 11) is 0. The van der Waals surface area contributed by atoms with Crippen LogP contribution in [-0.2, 0) is 14.3 Å². The zero-order valence-corrected chi connectivity index (χ0v) is 8.63. The van der Waals surface area contributed by atoms with Gasteiger partial charge in [-0.25, -0.2) is 4.79 Å². The summed E-state index contributed by atoms with van der Waals surface area (Å²) < 4.78 is 10.1. The van der Waals surface area contributed by atoms with Crippen LogP contribution in [0.15, 0.2) is 12.2 Å². The Morgan fingerprint density at radius 2 is 2.00 bits per heavy atom. The van der Waals surface area contributed by atoms with Crippen LogP contribution in [0.5, 0.6) is 0 Å². The Kier molecular flexibility index (Phi) is 6.24. The summed E-state index contributed by atoms with van der Waals surface area (Å²) in [6.45, 7) is 10.1. The molecule has 0 saturated carbocycles. The minimum absolute atomic E-state index is 0.233. The van der Waals surface area contributed by atoms with Gasteiger partial charge >= 0.3 is 5.97 Å². The molecule has 0 aliphatic heterocycles. The van der Waals surface area contributed by atoms with Gasteiger partial charge in [0, 0.05) is 12.0 Å². The predicted molar refractivity (Wildman–Crippen MR) is 51.5 cm³/mol. The Morgan fingerprint density at radius 3 is 2.46 bits per heavy atom. The molecule has 0 aromatic heterocycles. The summed E-state index contributed by atoms with van der Waals surface area (Å²) in [6.07, 6.45) is 0.967. The average Bonchev–Trinajstić information content (AvgIpc) is 2.02. The van der Waals surface area contributed by atoms with E-state index in [1.54, 1.807) is 6.92 Å². The Hall–Kier alpha value is -0.830. The van der Waals surface area contributed by atoms with E-state index in [9.17, 15) is 4.79 Å². The summed E-state index contributed by atoms with van der Waals surface area (Å²) in [5.41, 5.74) is 0.435. The Morgan fingerprint density at radius 1 is 1.38 bits per heavy atom. The third-order valence-corrected chi connectivity index (χ3v) is 1.32. The van der Waals surface area contributed by atoms with Gasteiger partial charge < -0.3 is 9.47 Å². The maximum atomic E-state index is 10.9. The molecule has 0 radical (unpaired) electrons. The normalized spacial score (nSPS) is 10.2. The molecular weight excluding hydrogens is 168 g/mol. The number of hydrogen-bond acceptors (Lipinski definition) is 3. The summed E-state index contributed by atoms with van der Waals surface area (Å²) in [5.74, 6) is -0.329. The molecule has 0 bridgehead atoms. The first kappa shape index (κ1) is 12.2. The SMILES string of the molecule is C=C(C)C(=O)OCCCOC(C)C. The summed E-state index contributed by atoms with van der Waals surface area (Å²) in [6, 6.07) is 0. The van der Waals surface area contributed by atoms with E-state index in [-0.39, 0.29) is 12.1 Å². The van der Waals surface area contributed by atoms with Gasteiger partial charge in [-0.15, -0.1) is 0 Å². The Labute approximate surface area is 79.7 Å². The zero-order chi connectivity index (χ0) is 10.3. The lowest BCUT2D eigenvalue weighted by atomic mass is 10.4. The van der Waals surface area contributed by atoms with E-state index in [1.807, 2.05) is 13.8 Å². The smallest absolute Gasteiger partial charge is 0.333 e. The van der Waals surface area contributed by atoms with Crippen molar-refractivity contribution in [3.63, 3.8) is 0 Å². The number of esters is 1. The monoisotopic (exact) mass is 186 g/mol. The van der Waals surface area contributed by atoms with Crippen molar-refractivity contribution in [2.24, 2.45) is 0 Å². The van der Waals surface area contributed by atoms with Crippen molar-refractivity contribution in [3.05, 3.63) is 12.2 Å². The van der Waals surface area contributed by atoms with Gasteiger partial charge in [0.25, 0.3) is 0 Å². The molecule has 0 spiro atoms. The third-order valence-electron chi connectivity index (χ3n) is 1.32. The highest BCUT2D eigenvalue weighted by Crippen LogP contribution is 1.95. The summed E-state index contributed by atoms with van der Waals surface area (Å²) >= 11 is 0. The molecular formula is C10H18O3. The van der Waals surface area contributed by atoms with Crippen molar-refractivity contribution in [1.82, 2.24) is 0 Å². The fraction of sp³-hybridized carbons (Fsp3) is 0.700. The standard InChI is InChI=1S/C10H18O3/c1-8(2)10(11)13-7-5-6-12-9(3)4/h9H,1,5-7H2,2-4H3. The molecule has 0 aliphatic rings. The lowest BCUT2D eigenvalue weighted by Gasteiger charge is -2.07. The lowest BCUT2D eigenvalue weighted by Crippen LogP contribution is -2.10. The van der Waals surface area contributed by atoms with Gasteiger partial charge in [-0.2, -0.15) is 0 Å². The maximum absolute atomic E-state index is 10.9. The molecule has 3 nitrogen and oxygen atoms in total. The van der Waals surface area contributed by atoms with Crippen LogP contribution in [0.2, 0.25) is 0 Å². The molecule has 3 heteroatoms. The van der Waals surface area contributed by atoms with Crippen LogP contribution < -0.4 is 0 Å². The number of rotatable bonds is 6. The first-order valence-corrected chi connectivity index (χ1v) is 4.48. The molecule has 0 unspecified atom stereocenters. The highest BCUT2D eigenvalue weighted by atomic mass is 16.5. The predicted octanol–water partition coefficient (Wildman–Crippen LogP) is 1.92. The second-order valence-corrected chi connectivity index (χ2v) is 3.19. The molecule has 0 aliphatic carbocycles. The first-order valence-electron chi connectivity index (χ1n) is 4.48. The van der Waals surface area contributed by atoms with Gasteiger partial charge in [0.1, 0.15) is 0 Å². The van der Waals surface area contributed by atoms with Crippen LogP contribution in [0.1, 0.15) is 27.2 Å². The minimum Gasteiger partial charge on any atom is -0.462 e. The number of carbonyl (C=O) groups is 1. The third kappa shape index (κ3) is 7.53. The van der Waals surface area contributed by atoms with Crippen molar-refractivity contribution in [3.8, 4) is 0 Å². The van der Waals surface area contributed by atoms with Crippen molar-refractivity contribution in [2.75, 3.05) is 13.2 Å². The fourth-order valence-electron chi connectivity index (χ4n) is 0.666. The second-order valence-electron chi connectivity index (χ2n) is 3.19. The van der Waals surface area contributed by atoms with Crippen molar-refractivity contribution in [1.29, 1.82) is 0 Å². The van der Waals surface area contributed by atoms with Gasteiger partial charge in [0.05, 0.1) is 19.3 Å². The number of hydrogen-bond donors (Lipinski definition) is 0. The molecule has 0 aromatic carbocycles. The van der Waals surface area contributed by atoms with Gasteiger partial charge in [-0.3, -0.25) is 0 Å². The average molecular weight is 186 g/mol. The maximum Gasteiger partial charge on any atom is 0.333 e. The van der Waals surface area contributed by atoms with E-state index in [0.717, 1.165) is 6.42 Å². The zero-order valence-electron chi connectivity index (χ0n) is 8.63. The van der Waals surface area contributed by atoms with E-state index in [1.165, 1.54) is 0 Å². The van der Waals surface area contributed by atoms with E-state index >= 15 is 0 Å². The Bertz CT molecular complexity index is 173. The van der Waals surface area contributed by atoms with Crippen LogP contribution in [-0.4, -0.2) is 25.3 Å². The molecule has 0 N–H and O–H groups in total. The van der Waals surface area contributed by atoms with E-state index < -0.39 is 0 Å². The molecule has 0 heterocycles. The molecule has 76 valence electrons. The van der Waals surface area contributed by atoms with Crippen LogP contribution in [0.3, 0.4) is 0 Å². The van der Waals surface area contributed by atoms with Crippen molar-refractivity contribution in [2.45, 2.75) is 33.3 Å². The van der Waals surface area contributed by atoms with Gasteiger partial charge in [-0.1, -0.05) is 6.58 Å². The van der Waals surface area contributed by atoms with Gasteiger partial charge in [0.15, 0.2) is 0 Å². The molecule has 0 saturated heterocycles. The quantitative estimate of drug-likeness (QED) is 0.361. The lowest BCUT2D eigenvalue weighted by molar-refractivity contribution is -0.139. The van der Waals surface area contributed by atoms with Gasteiger partial charge in [0.2, 0.25) is 0 Å². The second kappa shape index (κ2) is 6.66. The van der Waals surface area contributed by atoms with Crippen LogP contribution >= 0.6 is 0 Å². The van der Waals surface area contributed by atoms with E-state index in [4.69, 9.17) is 9.47 Å².